The van der Waals surface area contributed by atoms with Crippen molar-refractivity contribution in [2.75, 3.05) is 20.3 Å². The highest BCUT2D eigenvalue weighted by atomic mass is 16.6. The van der Waals surface area contributed by atoms with Crippen molar-refractivity contribution < 1.29 is 29.0 Å². The van der Waals surface area contributed by atoms with Crippen LogP contribution < -0.4 is 20.7 Å². The van der Waals surface area contributed by atoms with Crippen molar-refractivity contribution in [3.63, 3.8) is 0 Å². The van der Waals surface area contributed by atoms with Crippen LogP contribution in [0, 0.1) is 0 Å². The Morgan fingerprint density at radius 1 is 1.03 bits per heavy atom. The van der Waals surface area contributed by atoms with Gasteiger partial charge in [0, 0.05) is 6.42 Å². The van der Waals surface area contributed by atoms with Crippen molar-refractivity contribution >= 4 is 17.6 Å². The lowest BCUT2D eigenvalue weighted by Crippen LogP contribution is -2.63. The summed E-state index contributed by atoms with van der Waals surface area (Å²) in [5, 5.41) is 19.6. The first kappa shape index (κ1) is 27.8. The van der Waals surface area contributed by atoms with E-state index in [1.165, 1.54) is 0 Å². The molecule has 0 aromatic heterocycles. The summed E-state index contributed by atoms with van der Waals surface area (Å²) in [7, 11) is 1.57. The molecule has 9 nitrogen and oxygen atoms in total. The molecule has 0 bridgehead atoms. The van der Waals surface area contributed by atoms with Crippen LogP contribution in [0.15, 0.2) is 54.6 Å². The maximum absolute atomic E-state index is 13.7. The van der Waals surface area contributed by atoms with Crippen LogP contribution in [0.5, 0.6) is 5.75 Å². The number of methoxy groups -OCH3 is 1. The van der Waals surface area contributed by atoms with Gasteiger partial charge in [-0.05, 0) is 62.9 Å². The topological polar surface area (TPSA) is 129 Å². The fourth-order valence-electron chi connectivity index (χ4n) is 4.84. The average Bonchev–Trinajstić information content (AvgIpc) is 3.66. The number of hydrogen-bond acceptors (Lipinski definition) is 7. The number of carbonyl (C=O) groups excluding carboxylic acids is 3. The van der Waals surface area contributed by atoms with Crippen LogP contribution in [0.1, 0.15) is 37.8 Å². The van der Waals surface area contributed by atoms with Crippen LogP contribution in [0.25, 0.3) is 0 Å². The van der Waals surface area contributed by atoms with Gasteiger partial charge in [-0.25, -0.2) is 0 Å². The molecule has 0 spiro atoms. The Kier molecular flexibility index (Phi) is 8.50. The summed E-state index contributed by atoms with van der Waals surface area (Å²) < 4.78 is 10.6. The second kappa shape index (κ2) is 11.6. The van der Waals surface area contributed by atoms with E-state index in [9.17, 15) is 19.5 Å². The van der Waals surface area contributed by atoms with E-state index in [0.717, 1.165) is 17.5 Å². The monoisotopic (exact) mass is 523 g/mol. The number of Topliss-reactive ketones (excluding diaryl/α,β-unsaturated/α-hetero) is 1. The first-order chi connectivity index (χ1) is 18.1. The molecule has 2 aliphatic rings. The van der Waals surface area contributed by atoms with Gasteiger partial charge < -0.3 is 30.5 Å². The Morgan fingerprint density at radius 2 is 1.66 bits per heavy atom. The predicted molar refractivity (Wildman–Crippen MR) is 142 cm³/mol. The minimum atomic E-state index is -1.24. The van der Waals surface area contributed by atoms with Crippen molar-refractivity contribution in [2.24, 2.45) is 0 Å². The average molecular weight is 524 g/mol. The number of ether oxygens (including phenoxy) is 2. The molecule has 9 heteroatoms. The molecule has 2 aromatic carbocycles. The van der Waals surface area contributed by atoms with Crippen LogP contribution in [0.3, 0.4) is 0 Å². The minimum Gasteiger partial charge on any atom is -0.497 e. The van der Waals surface area contributed by atoms with Crippen LogP contribution in [0.2, 0.25) is 0 Å². The largest absolute Gasteiger partial charge is 0.497 e. The molecule has 2 heterocycles. The SMILES string of the molecule is COc1ccc(C[C@H](NC(=O)[C@@H]2NCCC[C@]2(C)O)C(=O)N[C@@H](Cc2ccccc2)C(=O)[C@@]2(C)CO2)cc1. The molecule has 0 aliphatic carbocycles. The number of epoxide rings is 1. The Balaban J connectivity index is 1.55. The number of hydrogen-bond donors (Lipinski definition) is 4. The number of rotatable bonds is 11. The third-order valence-corrected chi connectivity index (χ3v) is 7.34. The molecule has 5 atom stereocenters. The van der Waals surface area contributed by atoms with Crippen molar-refractivity contribution in [3.8, 4) is 5.75 Å². The Morgan fingerprint density at radius 3 is 2.26 bits per heavy atom. The summed E-state index contributed by atoms with van der Waals surface area (Å²) in [6, 6.07) is 14.0. The van der Waals surface area contributed by atoms with E-state index in [1.807, 2.05) is 42.5 Å². The van der Waals surface area contributed by atoms with E-state index in [1.54, 1.807) is 33.1 Å². The van der Waals surface area contributed by atoms with E-state index < -0.39 is 41.1 Å². The minimum absolute atomic E-state index is 0.191. The molecule has 4 rings (SSSR count). The summed E-state index contributed by atoms with van der Waals surface area (Å²) in [6.45, 7) is 4.23. The zero-order chi connectivity index (χ0) is 27.3. The molecule has 2 amide bonds. The lowest BCUT2D eigenvalue weighted by atomic mass is 9.87. The highest BCUT2D eigenvalue weighted by Crippen LogP contribution is 2.29. The number of piperidine rings is 1. The van der Waals surface area contributed by atoms with Gasteiger partial charge in [0.2, 0.25) is 11.8 Å². The molecular weight excluding hydrogens is 486 g/mol. The molecule has 2 aliphatic heterocycles. The highest BCUT2D eigenvalue weighted by Gasteiger charge is 2.50. The summed E-state index contributed by atoms with van der Waals surface area (Å²) in [4.78, 5) is 40.2. The lowest BCUT2D eigenvalue weighted by molar-refractivity contribution is -0.136. The van der Waals surface area contributed by atoms with Crippen LogP contribution in [-0.4, -0.2) is 72.3 Å². The summed E-state index contributed by atoms with van der Waals surface area (Å²) in [5.74, 6) is -0.483. The molecular formula is C29H37N3O6. The zero-order valence-corrected chi connectivity index (χ0v) is 22.2. The van der Waals surface area contributed by atoms with Gasteiger partial charge in [-0.1, -0.05) is 42.5 Å². The van der Waals surface area contributed by atoms with E-state index in [4.69, 9.17) is 9.47 Å². The van der Waals surface area contributed by atoms with E-state index in [2.05, 4.69) is 16.0 Å². The quantitative estimate of drug-likeness (QED) is 0.327. The van der Waals surface area contributed by atoms with E-state index >= 15 is 0 Å². The first-order valence-corrected chi connectivity index (χ1v) is 13.0. The van der Waals surface area contributed by atoms with Crippen LogP contribution in [-0.2, 0) is 32.0 Å². The maximum atomic E-state index is 13.7. The standard InChI is InChI=1S/C29H37N3O6/c1-28(36)14-7-15-30-24(28)27(35)32-23(17-20-10-12-21(37-3)13-11-20)26(34)31-22(25(33)29(2)18-38-29)16-19-8-5-4-6-9-19/h4-6,8-13,22-24,30,36H,7,14-18H2,1-3H3,(H,31,34)(H,32,35)/t22-,23-,24-,28-,29+/m0/s1. The van der Waals surface area contributed by atoms with Crippen molar-refractivity contribution in [3.05, 3.63) is 65.7 Å². The Bertz CT molecular complexity index is 1130. The molecule has 204 valence electrons. The first-order valence-electron chi connectivity index (χ1n) is 13.0. The summed E-state index contributed by atoms with van der Waals surface area (Å²) >= 11 is 0. The van der Waals surface area contributed by atoms with Crippen LogP contribution >= 0.6 is 0 Å². The second-order valence-electron chi connectivity index (χ2n) is 10.6. The van der Waals surface area contributed by atoms with Gasteiger partial charge in [0.05, 0.1) is 25.4 Å². The number of ketones is 1. The molecule has 4 N–H and O–H groups in total. The number of benzene rings is 2. The van der Waals surface area contributed by atoms with Crippen molar-refractivity contribution in [2.45, 2.75) is 68.9 Å². The number of nitrogens with one attached hydrogen (secondary N) is 3. The maximum Gasteiger partial charge on any atom is 0.243 e. The lowest BCUT2D eigenvalue weighted by Gasteiger charge is -2.37. The molecule has 0 unspecified atom stereocenters. The van der Waals surface area contributed by atoms with Gasteiger partial charge in [0.15, 0.2) is 5.78 Å². The molecule has 2 saturated heterocycles. The van der Waals surface area contributed by atoms with Gasteiger partial charge in [0.1, 0.15) is 23.4 Å². The highest BCUT2D eigenvalue weighted by molar-refractivity contribution is 5.98. The molecule has 38 heavy (non-hydrogen) atoms. The third-order valence-electron chi connectivity index (χ3n) is 7.34. The van der Waals surface area contributed by atoms with Gasteiger partial charge in [-0.15, -0.1) is 0 Å². The van der Waals surface area contributed by atoms with Gasteiger partial charge >= 0.3 is 0 Å². The summed E-state index contributed by atoms with van der Waals surface area (Å²) in [6.07, 6.45) is 1.71. The fourth-order valence-corrected chi connectivity index (χ4v) is 4.84. The molecule has 0 saturated carbocycles. The van der Waals surface area contributed by atoms with Gasteiger partial charge in [-0.2, -0.15) is 0 Å². The van der Waals surface area contributed by atoms with Crippen molar-refractivity contribution in [1.82, 2.24) is 16.0 Å². The molecule has 2 aromatic rings. The predicted octanol–water partition coefficient (Wildman–Crippen LogP) is 1.31. The fraction of sp³-hybridized carbons (Fsp3) is 0.483. The Labute approximate surface area is 223 Å². The second-order valence-corrected chi connectivity index (χ2v) is 10.6. The van der Waals surface area contributed by atoms with Crippen LogP contribution in [0.4, 0.5) is 0 Å². The summed E-state index contributed by atoms with van der Waals surface area (Å²) in [5.41, 5.74) is -0.467. The van der Waals surface area contributed by atoms with Crippen molar-refractivity contribution in [1.29, 1.82) is 0 Å². The van der Waals surface area contributed by atoms with E-state index in [-0.39, 0.29) is 12.2 Å². The number of aliphatic hydroxyl groups is 1. The van der Waals surface area contributed by atoms with Gasteiger partial charge in [-0.3, -0.25) is 14.4 Å². The zero-order valence-electron chi connectivity index (χ0n) is 22.2. The smallest absolute Gasteiger partial charge is 0.243 e. The van der Waals surface area contributed by atoms with Gasteiger partial charge in [0.25, 0.3) is 0 Å². The Hall–Kier alpha value is -3.27. The molecule has 2 fully saturated rings. The number of amides is 2. The number of carbonyl (C=O) groups is 3. The normalized spacial score (nSPS) is 26.1. The third kappa shape index (κ3) is 6.78. The molecule has 0 radical (unpaired) electrons. The van der Waals surface area contributed by atoms with E-state index in [0.29, 0.717) is 31.7 Å².